The van der Waals surface area contributed by atoms with Crippen molar-refractivity contribution in [2.24, 2.45) is 0 Å². The second kappa shape index (κ2) is 5.24. The first-order valence-electron chi connectivity index (χ1n) is 7.13. The smallest absolute Gasteiger partial charge is 0.251 e. The summed E-state index contributed by atoms with van der Waals surface area (Å²) in [5.74, 6) is 3.13. The highest BCUT2D eigenvalue weighted by Crippen LogP contribution is 2.23. The summed E-state index contributed by atoms with van der Waals surface area (Å²) in [5, 5.41) is 3.99. The standard InChI is InChI=1S/C17H13N3O3/c1-10-3-5-13(21-10)6-8-16-19-17(20-23-16)12-4-7-15-14(9-12)18-11(2)22-15/h3-9H,1-2H3/b8-6+. The number of fused-ring (bicyclic) bond motifs is 1. The molecule has 4 rings (SSSR count). The Morgan fingerprint density at radius 1 is 0.957 bits per heavy atom. The van der Waals surface area contributed by atoms with E-state index in [1.807, 2.05) is 44.2 Å². The van der Waals surface area contributed by atoms with Crippen molar-refractivity contribution in [2.75, 3.05) is 0 Å². The van der Waals surface area contributed by atoms with Crippen molar-refractivity contribution in [3.8, 4) is 11.4 Å². The van der Waals surface area contributed by atoms with Crippen LogP contribution in [0.1, 0.15) is 23.3 Å². The van der Waals surface area contributed by atoms with Gasteiger partial charge in [-0.05, 0) is 43.3 Å². The summed E-state index contributed by atoms with van der Waals surface area (Å²) in [7, 11) is 0. The van der Waals surface area contributed by atoms with Gasteiger partial charge in [0.2, 0.25) is 5.82 Å². The van der Waals surface area contributed by atoms with Gasteiger partial charge in [0, 0.05) is 18.6 Å². The van der Waals surface area contributed by atoms with Crippen molar-refractivity contribution >= 4 is 23.3 Å². The van der Waals surface area contributed by atoms with Gasteiger partial charge in [0.15, 0.2) is 11.5 Å². The molecule has 0 aliphatic rings. The van der Waals surface area contributed by atoms with E-state index in [0.29, 0.717) is 17.6 Å². The van der Waals surface area contributed by atoms with Gasteiger partial charge >= 0.3 is 0 Å². The molecule has 0 fully saturated rings. The number of aromatic nitrogens is 3. The van der Waals surface area contributed by atoms with E-state index >= 15 is 0 Å². The zero-order valence-electron chi connectivity index (χ0n) is 12.6. The minimum absolute atomic E-state index is 0.408. The molecule has 3 heterocycles. The monoisotopic (exact) mass is 307 g/mol. The zero-order valence-corrected chi connectivity index (χ0v) is 12.6. The van der Waals surface area contributed by atoms with Gasteiger partial charge < -0.3 is 13.4 Å². The van der Waals surface area contributed by atoms with E-state index in [1.165, 1.54) is 0 Å². The Morgan fingerprint density at radius 2 is 1.87 bits per heavy atom. The van der Waals surface area contributed by atoms with Crippen LogP contribution in [0.15, 0.2) is 43.7 Å². The fourth-order valence-corrected chi connectivity index (χ4v) is 2.30. The van der Waals surface area contributed by atoms with Gasteiger partial charge in [-0.25, -0.2) is 4.98 Å². The Morgan fingerprint density at radius 3 is 2.70 bits per heavy atom. The van der Waals surface area contributed by atoms with E-state index < -0.39 is 0 Å². The Hall–Kier alpha value is -3.15. The molecule has 4 aromatic rings. The van der Waals surface area contributed by atoms with Gasteiger partial charge in [0.05, 0.1) is 0 Å². The van der Waals surface area contributed by atoms with E-state index in [1.54, 1.807) is 12.2 Å². The third-order valence-electron chi connectivity index (χ3n) is 3.35. The van der Waals surface area contributed by atoms with Gasteiger partial charge in [-0.15, -0.1) is 0 Å². The SMILES string of the molecule is Cc1ccc(/C=C/c2nc(-c3ccc4oc(C)nc4c3)no2)o1. The fraction of sp³-hybridized carbons (Fsp3) is 0.118. The van der Waals surface area contributed by atoms with Crippen LogP contribution in [0.5, 0.6) is 0 Å². The molecule has 0 N–H and O–H groups in total. The van der Waals surface area contributed by atoms with Crippen LogP contribution in [-0.2, 0) is 0 Å². The largest absolute Gasteiger partial charge is 0.462 e. The predicted molar refractivity (Wildman–Crippen MR) is 84.4 cm³/mol. The van der Waals surface area contributed by atoms with E-state index in [9.17, 15) is 0 Å². The molecule has 0 saturated carbocycles. The van der Waals surface area contributed by atoms with Crippen LogP contribution in [0.4, 0.5) is 0 Å². The Kier molecular flexibility index (Phi) is 3.08. The molecular formula is C17H13N3O3. The lowest BCUT2D eigenvalue weighted by molar-refractivity contribution is 0.411. The van der Waals surface area contributed by atoms with Crippen LogP contribution in [0, 0.1) is 13.8 Å². The molecule has 0 radical (unpaired) electrons. The molecule has 6 heteroatoms. The van der Waals surface area contributed by atoms with Crippen LogP contribution in [-0.4, -0.2) is 15.1 Å². The highest BCUT2D eigenvalue weighted by Gasteiger charge is 2.10. The van der Waals surface area contributed by atoms with Crippen molar-refractivity contribution in [3.05, 3.63) is 53.6 Å². The summed E-state index contributed by atoms with van der Waals surface area (Å²) in [6.45, 7) is 3.71. The lowest BCUT2D eigenvalue weighted by Crippen LogP contribution is -1.81. The van der Waals surface area contributed by atoms with E-state index in [0.717, 1.165) is 28.2 Å². The molecule has 0 spiro atoms. The quantitative estimate of drug-likeness (QED) is 0.563. The van der Waals surface area contributed by atoms with Gasteiger partial charge in [0.25, 0.3) is 5.89 Å². The van der Waals surface area contributed by atoms with Gasteiger partial charge in [-0.3, -0.25) is 0 Å². The van der Waals surface area contributed by atoms with E-state index in [4.69, 9.17) is 13.4 Å². The minimum atomic E-state index is 0.408. The molecule has 0 bridgehead atoms. The maximum atomic E-state index is 5.46. The molecule has 1 aromatic carbocycles. The number of benzene rings is 1. The van der Waals surface area contributed by atoms with E-state index in [-0.39, 0.29) is 0 Å². The average molecular weight is 307 g/mol. The predicted octanol–water partition coefficient (Wildman–Crippen LogP) is 4.26. The van der Waals surface area contributed by atoms with Gasteiger partial charge in [0.1, 0.15) is 17.0 Å². The highest BCUT2D eigenvalue weighted by molar-refractivity contribution is 5.78. The van der Waals surface area contributed by atoms with Crippen molar-refractivity contribution < 1.29 is 13.4 Å². The van der Waals surface area contributed by atoms with Crippen LogP contribution in [0.2, 0.25) is 0 Å². The summed E-state index contributed by atoms with van der Waals surface area (Å²) < 4.78 is 16.1. The summed E-state index contributed by atoms with van der Waals surface area (Å²) in [6.07, 6.45) is 3.50. The average Bonchev–Trinajstić information content (AvgIpc) is 3.23. The first-order chi connectivity index (χ1) is 11.2. The number of hydrogen-bond donors (Lipinski definition) is 0. The molecule has 114 valence electrons. The molecule has 0 unspecified atom stereocenters. The molecule has 0 aliphatic heterocycles. The Labute approximate surface area is 131 Å². The first kappa shape index (κ1) is 13.5. The second-order valence-corrected chi connectivity index (χ2v) is 5.15. The maximum Gasteiger partial charge on any atom is 0.251 e. The maximum absolute atomic E-state index is 5.46. The van der Waals surface area contributed by atoms with Crippen molar-refractivity contribution in [3.63, 3.8) is 0 Å². The molecule has 6 nitrogen and oxygen atoms in total. The van der Waals surface area contributed by atoms with Crippen LogP contribution >= 0.6 is 0 Å². The van der Waals surface area contributed by atoms with E-state index in [2.05, 4.69) is 15.1 Å². The topological polar surface area (TPSA) is 78.1 Å². The Bertz CT molecular complexity index is 1010. The lowest BCUT2D eigenvalue weighted by atomic mass is 10.2. The van der Waals surface area contributed by atoms with Crippen molar-refractivity contribution in [2.45, 2.75) is 13.8 Å². The molecule has 0 aliphatic carbocycles. The third kappa shape index (κ3) is 2.66. The summed E-state index contributed by atoms with van der Waals surface area (Å²) in [6, 6.07) is 9.38. The van der Waals surface area contributed by atoms with Crippen molar-refractivity contribution in [1.82, 2.24) is 15.1 Å². The highest BCUT2D eigenvalue weighted by atomic mass is 16.5. The molecule has 23 heavy (non-hydrogen) atoms. The van der Waals surface area contributed by atoms with Gasteiger partial charge in [-0.2, -0.15) is 4.98 Å². The summed E-state index contributed by atoms with van der Waals surface area (Å²) in [5.41, 5.74) is 2.33. The number of rotatable bonds is 3. The Balaban J connectivity index is 1.62. The van der Waals surface area contributed by atoms with Crippen LogP contribution in [0.25, 0.3) is 34.6 Å². The summed E-state index contributed by atoms with van der Waals surface area (Å²) in [4.78, 5) is 8.66. The van der Waals surface area contributed by atoms with Crippen LogP contribution < -0.4 is 0 Å². The minimum Gasteiger partial charge on any atom is -0.462 e. The zero-order chi connectivity index (χ0) is 15.8. The second-order valence-electron chi connectivity index (χ2n) is 5.15. The number of aryl methyl sites for hydroxylation is 2. The summed E-state index contributed by atoms with van der Waals surface area (Å²) >= 11 is 0. The van der Waals surface area contributed by atoms with Crippen molar-refractivity contribution in [1.29, 1.82) is 0 Å². The lowest BCUT2D eigenvalue weighted by Gasteiger charge is -1.92. The third-order valence-corrected chi connectivity index (χ3v) is 3.35. The van der Waals surface area contributed by atoms with Crippen LogP contribution in [0.3, 0.4) is 0 Å². The fourth-order valence-electron chi connectivity index (χ4n) is 2.30. The molecule has 0 atom stereocenters. The normalized spacial score (nSPS) is 11.7. The molecular weight excluding hydrogens is 294 g/mol. The molecule has 0 saturated heterocycles. The van der Waals surface area contributed by atoms with Gasteiger partial charge in [-0.1, -0.05) is 5.16 Å². The number of hydrogen-bond acceptors (Lipinski definition) is 6. The molecule has 3 aromatic heterocycles. The number of furan rings is 1. The number of oxazole rings is 1. The molecule has 0 amide bonds. The first-order valence-corrected chi connectivity index (χ1v) is 7.13. The number of nitrogens with zero attached hydrogens (tertiary/aromatic N) is 3.